The molecule has 0 amide bonds. The Labute approximate surface area is 164 Å². The predicted molar refractivity (Wildman–Crippen MR) is 110 cm³/mol. The third kappa shape index (κ3) is 9.69. The zero-order chi connectivity index (χ0) is 20.5. The number of unbranched alkanes of at least 4 members (excludes halogenated alkanes) is 3. The minimum atomic E-state index is -0.433. The lowest BCUT2D eigenvalue weighted by Crippen LogP contribution is -2.23. The van der Waals surface area contributed by atoms with Crippen molar-refractivity contribution in [2.45, 2.75) is 98.0 Å². The molecule has 0 unspecified atom stereocenters. The van der Waals surface area contributed by atoms with Crippen LogP contribution >= 0.6 is 0 Å². The molecule has 2 N–H and O–H groups in total. The molecule has 0 saturated heterocycles. The van der Waals surface area contributed by atoms with Crippen LogP contribution in [-0.4, -0.2) is 22.3 Å². The molecule has 0 saturated carbocycles. The third-order valence-electron chi connectivity index (χ3n) is 4.96. The van der Waals surface area contributed by atoms with Gasteiger partial charge >= 0.3 is 0 Å². The molecule has 0 aliphatic carbocycles. The Hall–Kier alpha value is -1.71. The Kier molecular flexibility index (Phi) is 9.14. The van der Waals surface area contributed by atoms with E-state index in [1.54, 1.807) is 6.07 Å². The van der Waals surface area contributed by atoms with E-state index in [4.69, 9.17) is 4.74 Å². The monoisotopic (exact) mass is 378 g/mol. The van der Waals surface area contributed by atoms with Crippen molar-refractivity contribution in [3.05, 3.63) is 23.3 Å². The normalized spacial score (nSPS) is 12.2. The number of aryl methyl sites for hydroxylation is 2. The van der Waals surface area contributed by atoms with E-state index in [0.29, 0.717) is 11.9 Å². The summed E-state index contributed by atoms with van der Waals surface area (Å²) in [6.07, 6.45) is 8.85. The molecule has 4 heteroatoms. The first-order valence-electron chi connectivity index (χ1n) is 10.2. The van der Waals surface area contributed by atoms with Gasteiger partial charge in [0.25, 0.3) is 6.47 Å². The number of aromatic hydroxyl groups is 2. The van der Waals surface area contributed by atoms with Crippen LogP contribution in [0.25, 0.3) is 0 Å². The van der Waals surface area contributed by atoms with Gasteiger partial charge in [0.2, 0.25) is 0 Å². The molecule has 1 aromatic rings. The predicted octanol–water partition coefficient (Wildman–Crippen LogP) is 5.91. The Morgan fingerprint density at radius 3 is 2.15 bits per heavy atom. The zero-order valence-corrected chi connectivity index (χ0v) is 17.8. The maximum absolute atomic E-state index is 10.5. The highest BCUT2D eigenvalue weighted by atomic mass is 16.5. The SMILES string of the molecule is CC(C)(C)CCCCCc1cc(CCCCC(C)(C)OC=O)cc(O)c1O. The Balaban J connectivity index is 2.49. The van der Waals surface area contributed by atoms with Gasteiger partial charge in [-0.3, -0.25) is 4.79 Å². The average molecular weight is 379 g/mol. The smallest absolute Gasteiger partial charge is 0.293 e. The van der Waals surface area contributed by atoms with Gasteiger partial charge in [-0.15, -0.1) is 0 Å². The zero-order valence-electron chi connectivity index (χ0n) is 17.8. The molecule has 0 atom stereocenters. The summed E-state index contributed by atoms with van der Waals surface area (Å²) < 4.78 is 5.07. The molecule has 0 fully saturated rings. The van der Waals surface area contributed by atoms with Crippen LogP contribution < -0.4 is 0 Å². The summed E-state index contributed by atoms with van der Waals surface area (Å²) in [7, 11) is 0. The number of carbonyl (C=O) groups excluding carboxylic acids is 1. The molecule has 27 heavy (non-hydrogen) atoms. The van der Waals surface area contributed by atoms with Crippen molar-refractivity contribution < 1.29 is 19.7 Å². The molecule has 0 radical (unpaired) electrons. The minimum Gasteiger partial charge on any atom is -0.504 e. The van der Waals surface area contributed by atoms with Gasteiger partial charge in [0, 0.05) is 0 Å². The molecule has 4 nitrogen and oxygen atoms in total. The number of phenols is 2. The summed E-state index contributed by atoms with van der Waals surface area (Å²) in [5.74, 6) is -0.00287. The van der Waals surface area contributed by atoms with Gasteiger partial charge in [0.15, 0.2) is 11.5 Å². The topological polar surface area (TPSA) is 66.8 Å². The number of benzene rings is 1. The van der Waals surface area contributed by atoms with Gasteiger partial charge in [-0.25, -0.2) is 0 Å². The van der Waals surface area contributed by atoms with Gasteiger partial charge in [-0.1, -0.05) is 39.7 Å². The molecular formula is C23H38O4. The van der Waals surface area contributed by atoms with Crippen LogP contribution in [-0.2, 0) is 22.4 Å². The fraction of sp³-hybridized carbons (Fsp3) is 0.696. The standard InChI is InChI=1S/C23H38O4/c1-22(2,3)13-9-6-7-12-19-15-18(16-20(25)21(19)26)11-8-10-14-23(4,5)27-17-24/h15-17,25-26H,6-14H2,1-5H3. The summed E-state index contributed by atoms with van der Waals surface area (Å²) >= 11 is 0. The van der Waals surface area contributed by atoms with Crippen LogP contribution in [0.4, 0.5) is 0 Å². The van der Waals surface area contributed by atoms with Crippen LogP contribution in [0.1, 0.15) is 90.7 Å². The van der Waals surface area contributed by atoms with Crippen LogP contribution in [0.3, 0.4) is 0 Å². The van der Waals surface area contributed by atoms with Crippen molar-refractivity contribution >= 4 is 6.47 Å². The van der Waals surface area contributed by atoms with Gasteiger partial charge in [0.05, 0.1) is 0 Å². The van der Waals surface area contributed by atoms with E-state index in [1.165, 1.54) is 12.8 Å². The highest BCUT2D eigenvalue weighted by Crippen LogP contribution is 2.33. The average Bonchev–Trinajstić information content (AvgIpc) is 2.54. The molecule has 154 valence electrons. The highest BCUT2D eigenvalue weighted by molar-refractivity contribution is 5.47. The number of rotatable bonds is 12. The summed E-state index contributed by atoms with van der Waals surface area (Å²) in [5.41, 5.74) is 1.82. The first-order chi connectivity index (χ1) is 12.5. The minimum absolute atomic E-state index is 0.0232. The largest absolute Gasteiger partial charge is 0.504 e. The van der Waals surface area contributed by atoms with E-state index < -0.39 is 5.60 Å². The summed E-state index contributed by atoms with van der Waals surface area (Å²) in [6, 6.07) is 3.68. The quantitative estimate of drug-likeness (QED) is 0.269. The molecule has 0 bridgehead atoms. The van der Waals surface area contributed by atoms with Crippen LogP contribution in [0.2, 0.25) is 0 Å². The molecule has 1 rings (SSSR count). The fourth-order valence-corrected chi connectivity index (χ4v) is 3.29. The number of hydrogen-bond acceptors (Lipinski definition) is 4. The van der Waals surface area contributed by atoms with Crippen LogP contribution in [0.5, 0.6) is 11.5 Å². The first kappa shape index (κ1) is 23.3. The fourth-order valence-electron chi connectivity index (χ4n) is 3.29. The summed E-state index contributed by atoms with van der Waals surface area (Å²) in [5, 5.41) is 20.2. The molecule has 0 spiro atoms. The van der Waals surface area contributed by atoms with E-state index in [-0.39, 0.29) is 11.5 Å². The van der Waals surface area contributed by atoms with Crippen molar-refractivity contribution in [2.75, 3.05) is 0 Å². The van der Waals surface area contributed by atoms with E-state index >= 15 is 0 Å². The number of ether oxygens (including phenoxy) is 1. The van der Waals surface area contributed by atoms with Crippen molar-refractivity contribution in [2.24, 2.45) is 5.41 Å². The first-order valence-corrected chi connectivity index (χ1v) is 10.2. The maximum Gasteiger partial charge on any atom is 0.293 e. The molecule has 0 aromatic heterocycles. The summed E-state index contributed by atoms with van der Waals surface area (Å²) in [4.78, 5) is 10.5. The second-order valence-electron chi connectivity index (χ2n) is 9.42. The van der Waals surface area contributed by atoms with E-state index in [9.17, 15) is 15.0 Å². The number of hydrogen-bond donors (Lipinski definition) is 2. The molecule has 0 aliphatic rings. The van der Waals surface area contributed by atoms with Crippen molar-refractivity contribution in [3.8, 4) is 11.5 Å². The van der Waals surface area contributed by atoms with Crippen LogP contribution in [0, 0.1) is 5.41 Å². The Morgan fingerprint density at radius 2 is 1.52 bits per heavy atom. The van der Waals surface area contributed by atoms with Crippen molar-refractivity contribution in [1.82, 2.24) is 0 Å². The van der Waals surface area contributed by atoms with Gasteiger partial charge in [-0.2, -0.15) is 0 Å². The number of phenolic OH excluding ortho intramolecular Hbond substituents is 2. The van der Waals surface area contributed by atoms with E-state index in [0.717, 1.165) is 56.1 Å². The van der Waals surface area contributed by atoms with Crippen molar-refractivity contribution in [1.29, 1.82) is 0 Å². The molecule has 1 aromatic carbocycles. The number of carbonyl (C=O) groups is 1. The maximum atomic E-state index is 10.5. The lowest BCUT2D eigenvalue weighted by atomic mass is 9.89. The van der Waals surface area contributed by atoms with Crippen molar-refractivity contribution in [3.63, 3.8) is 0 Å². The van der Waals surface area contributed by atoms with Gasteiger partial charge in [-0.05, 0) is 81.4 Å². The van der Waals surface area contributed by atoms with Crippen LogP contribution in [0.15, 0.2) is 12.1 Å². The third-order valence-corrected chi connectivity index (χ3v) is 4.96. The lowest BCUT2D eigenvalue weighted by molar-refractivity contribution is -0.140. The molecule has 0 heterocycles. The second-order valence-corrected chi connectivity index (χ2v) is 9.42. The van der Waals surface area contributed by atoms with E-state index in [2.05, 4.69) is 20.8 Å². The second kappa shape index (κ2) is 10.6. The van der Waals surface area contributed by atoms with Gasteiger partial charge < -0.3 is 14.9 Å². The van der Waals surface area contributed by atoms with E-state index in [1.807, 2.05) is 19.9 Å². The lowest BCUT2D eigenvalue weighted by Gasteiger charge is -2.22. The Morgan fingerprint density at radius 1 is 0.889 bits per heavy atom. The summed E-state index contributed by atoms with van der Waals surface area (Å²) in [6.45, 7) is 11.1. The van der Waals surface area contributed by atoms with Gasteiger partial charge in [0.1, 0.15) is 5.60 Å². The molecule has 0 aliphatic heterocycles. The highest BCUT2D eigenvalue weighted by Gasteiger charge is 2.18. The molecular weight excluding hydrogens is 340 g/mol. The Bertz CT molecular complexity index is 585.